The van der Waals surface area contributed by atoms with Gasteiger partial charge >= 0.3 is 5.65 Å². The monoisotopic (exact) mass is 559 g/mol. The van der Waals surface area contributed by atoms with Crippen LogP contribution in [-0.4, -0.2) is 53.9 Å². The molecule has 0 bridgehead atoms. The first-order valence-electron chi connectivity index (χ1n) is 11.8. The van der Waals surface area contributed by atoms with Gasteiger partial charge in [0.2, 0.25) is 12.2 Å². The first kappa shape index (κ1) is 23.2. The lowest BCUT2D eigenvalue weighted by atomic mass is 9.92. The largest absolute Gasteiger partial charge is 0.457 e. The first-order valence-corrected chi connectivity index (χ1v) is 12.9. The lowest BCUT2D eigenvalue weighted by Gasteiger charge is -2.38. The van der Waals surface area contributed by atoms with Gasteiger partial charge in [-0.15, -0.1) is 4.52 Å². The van der Waals surface area contributed by atoms with Crippen LogP contribution in [0.1, 0.15) is 17.0 Å². The van der Waals surface area contributed by atoms with Crippen molar-refractivity contribution in [1.82, 2.24) is 29.6 Å². The van der Waals surface area contributed by atoms with Crippen molar-refractivity contribution in [2.45, 2.75) is 12.8 Å². The number of rotatable bonds is 7. The fourth-order valence-corrected chi connectivity index (χ4v) is 4.70. The van der Waals surface area contributed by atoms with E-state index in [1.807, 2.05) is 69.7 Å². The number of hydrogen-bond acceptors (Lipinski definition) is 6. The van der Waals surface area contributed by atoms with E-state index in [0.717, 1.165) is 33.7 Å². The maximum atomic E-state index is 12.3. The van der Waals surface area contributed by atoms with E-state index in [1.54, 1.807) is 12.4 Å². The number of nitrogens with zero attached hydrogens (tertiary/aromatic N) is 6. The van der Waals surface area contributed by atoms with Gasteiger partial charge in [-0.05, 0) is 53.4 Å². The maximum absolute atomic E-state index is 12.3. The second-order valence-corrected chi connectivity index (χ2v) is 9.50. The summed E-state index contributed by atoms with van der Waals surface area (Å²) >= 11 is 3.31. The molecule has 1 saturated heterocycles. The Morgan fingerprint density at radius 3 is 3.00 bits per heavy atom. The molecule has 1 amide bonds. The molecule has 6 rings (SSSR count). The van der Waals surface area contributed by atoms with Gasteiger partial charge in [0.15, 0.2) is 5.82 Å². The third kappa shape index (κ3) is 4.53. The van der Waals surface area contributed by atoms with Gasteiger partial charge in [0.25, 0.3) is 0 Å². The number of ether oxygens (including phenoxy) is 1. The van der Waals surface area contributed by atoms with Gasteiger partial charge in [-0.25, -0.2) is 9.50 Å². The second-order valence-electron chi connectivity index (χ2n) is 8.86. The van der Waals surface area contributed by atoms with E-state index >= 15 is 0 Å². The number of H-pyrrole nitrogens is 1. The smallest absolute Gasteiger partial charge is 0.351 e. The van der Waals surface area contributed by atoms with Crippen LogP contribution in [0.5, 0.6) is 11.5 Å². The molecule has 0 saturated carbocycles. The average molecular weight is 560 g/mol. The number of pyridine rings is 1. The molecule has 10 nitrogen and oxygen atoms in total. The lowest BCUT2D eigenvalue weighted by Crippen LogP contribution is -2.47. The van der Waals surface area contributed by atoms with E-state index in [2.05, 4.69) is 47.5 Å². The Hall–Kier alpha value is -4.25. The molecule has 0 spiro atoms. The highest BCUT2D eigenvalue weighted by Gasteiger charge is 2.33. The Balaban J connectivity index is 1.20. The molecular formula is C26H24BrN8O2+. The summed E-state index contributed by atoms with van der Waals surface area (Å²) in [6.07, 6.45) is 10.4. The third-order valence-electron chi connectivity index (χ3n) is 6.43. The quantitative estimate of drug-likeness (QED) is 0.178. The second kappa shape index (κ2) is 9.66. The van der Waals surface area contributed by atoms with Crippen LogP contribution < -0.4 is 14.6 Å². The fraction of sp³-hybridized carbons (Fsp3) is 0.192. The predicted octanol–water partition coefficient (Wildman–Crippen LogP) is 3.91. The van der Waals surface area contributed by atoms with Crippen LogP contribution in [0.3, 0.4) is 0 Å². The summed E-state index contributed by atoms with van der Waals surface area (Å²) in [6.45, 7) is 3.35. The molecule has 1 aliphatic heterocycles. The summed E-state index contributed by atoms with van der Waals surface area (Å²) in [6, 6.07) is 11.7. The zero-order valence-electron chi connectivity index (χ0n) is 20.0. The van der Waals surface area contributed by atoms with Gasteiger partial charge in [-0.2, -0.15) is 10.2 Å². The number of alkyl halides is 1. The van der Waals surface area contributed by atoms with E-state index in [1.165, 1.54) is 6.33 Å². The van der Waals surface area contributed by atoms with Crippen LogP contribution >= 0.6 is 15.9 Å². The number of halogens is 1. The van der Waals surface area contributed by atoms with Crippen LogP contribution in [0.4, 0.5) is 11.5 Å². The number of nitrogens with one attached hydrogen (secondary N) is 2. The number of carbonyl (C=O) groups is 1. The lowest BCUT2D eigenvalue weighted by molar-refractivity contribution is -0.577. The normalized spacial score (nSPS) is 13.9. The van der Waals surface area contributed by atoms with Crippen LogP contribution in [-0.2, 0) is 4.79 Å². The molecule has 0 aliphatic carbocycles. The summed E-state index contributed by atoms with van der Waals surface area (Å²) in [7, 11) is 0. The number of anilines is 2. The van der Waals surface area contributed by atoms with Crippen LogP contribution in [0.15, 0.2) is 73.6 Å². The van der Waals surface area contributed by atoms with Gasteiger partial charge in [-0.1, -0.05) is 22.0 Å². The molecule has 37 heavy (non-hydrogen) atoms. The van der Waals surface area contributed by atoms with Gasteiger partial charge in [0, 0.05) is 42.3 Å². The number of amides is 1. The Morgan fingerprint density at radius 2 is 2.16 bits per heavy atom. The molecule has 0 atom stereocenters. The summed E-state index contributed by atoms with van der Waals surface area (Å²) in [5.74, 6) is 2.46. The van der Waals surface area contributed by atoms with Gasteiger partial charge in [-0.3, -0.25) is 4.79 Å². The maximum Gasteiger partial charge on any atom is 0.351 e. The Morgan fingerprint density at radius 1 is 1.27 bits per heavy atom. The molecule has 4 aromatic heterocycles. The third-order valence-corrected chi connectivity index (χ3v) is 6.81. The van der Waals surface area contributed by atoms with Gasteiger partial charge in [0.1, 0.15) is 29.5 Å². The van der Waals surface area contributed by atoms with Gasteiger partial charge in [0.05, 0.1) is 6.07 Å². The minimum atomic E-state index is 0.0367. The summed E-state index contributed by atoms with van der Waals surface area (Å²) in [5, 5.41) is 11.5. The Kier molecular flexibility index (Phi) is 6.05. The number of carbonyl (C=O) groups excluding carboxylic acids is 1. The minimum Gasteiger partial charge on any atom is -0.457 e. The zero-order chi connectivity index (χ0) is 25.4. The molecule has 5 heterocycles. The minimum absolute atomic E-state index is 0.0367. The van der Waals surface area contributed by atoms with Crippen molar-refractivity contribution in [2.75, 3.05) is 23.7 Å². The number of aryl methyl sites for hydroxylation is 1. The summed E-state index contributed by atoms with van der Waals surface area (Å²) in [4.78, 5) is 22.9. The van der Waals surface area contributed by atoms with Crippen molar-refractivity contribution in [1.29, 1.82) is 0 Å². The molecule has 11 heteroatoms. The molecule has 1 aliphatic rings. The molecular weight excluding hydrogens is 536 g/mol. The highest BCUT2D eigenvalue weighted by Crippen LogP contribution is 2.35. The average Bonchev–Trinajstić information content (AvgIpc) is 3.51. The van der Waals surface area contributed by atoms with E-state index in [-0.39, 0.29) is 11.8 Å². The zero-order valence-corrected chi connectivity index (χ0v) is 21.6. The molecule has 1 aromatic carbocycles. The predicted molar refractivity (Wildman–Crippen MR) is 142 cm³/mol. The molecule has 0 radical (unpaired) electrons. The summed E-state index contributed by atoms with van der Waals surface area (Å²) < 4.78 is 9.75. The van der Waals surface area contributed by atoms with Crippen molar-refractivity contribution in [3.63, 3.8) is 0 Å². The number of aromatic nitrogens is 6. The van der Waals surface area contributed by atoms with Crippen molar-refractivity contribution >= 4 is 44.5 Å². The number of benzene rings is 1. The van der Waals surface area contributed by atoms with Crippen LogP contribution in [0.2, 0.25) is 0 Å². The molecule has 186 valence electrons. The van der Waals surface area contributed by atoms with E-state index in [0.29, 0.717) is 30.0 Å². The number of hydrogen-bond donors (Lipinski definition) is 2. The summed E-state index contributed by atoms with van der Waals surface area (Å²) in [5.41, 5.74) is 4.68. The van der Waals surface area contributed by atoms with Crippen LogP contribution in [0, 0.1) is 6.92 Å². The van der Waals surface area contributed by atoms with E-state index in [4.69, 9.17) is 4.74 Å². The Labute approximate surface area is 220 Å². The van der Waals surface area contributed by atoms with Gasteiger partial charge < -0.3 is 15.0 Å². The van der Waals surface area contributed by atoms with Crippen molar-refractivity contribution < 1.29 is 14.0 Å². The topological polar surface area (TPSA) is 105 Å². The van der Waals surface area contributed by atoms with E-state index < -0.39 is 0 Å². The fourth-order valence-electron chi connectivity index (χ4n) is 4.51. The molecule has 5 aromatic rings. The first-order chi connectivity index (χ1) is 18.1. The van der Waals surface area contributed by atoms with Crippen molar-refractivity contribution in [3.05, 3.63) is 84.7 Å². The molecule has 1 fully saturated rings. The highest BCUT2D eigenvalue weighted by atomic mass is 79.9. The molecule has 2 N–H and O–H groups in total. The standard InChI is InChI=1S/C26H23BrN8O2/c1-17-11-19(4-5-22(17)37-20-6-9-34-23(12-20)28-15-30-34)32-26-25-21(7-10-35(25)31-16-29-26)18-13-33(14-18)24(36)3-2-8-27/h2-7,9-12,15-16,18H,8,13-14H2,1H3,(H,29,31,32)/p+1/b3-2+. The van der Waals surface area contributed by atoms with E-state index in [9.17, 15) is 4.79 Å². The van der Waals surface area contributed by atoms with Crippen LogP contribution in [0.25, 0.3) is 11.2 Å². The van der Waals surface area contributed by atoms with Crippen molar-refractivity contribution in [3.8, 4) is 11.5 Å². The highest BCUT2D eigenvalue weighted by molar-refractivity contribution is 9.09. The number of allylic oxidation sites excluding steroid dienone is 1. The Bertz CT molecular complexity index is 1640. The van der Waals surface area contributed by atoms with Crippen molar-refractivity contribution in [2.24, 2.45) is 0 Å². The SMILES string of the molecule is Cc1cc(Nc2ncnn3ccc(C4CN(C(=O)/C=C/CBr)C4)c23)ccc1Oc1cc[n+]2[nH]cnc2c1. The number of likely N-dealkylation sites (tertiary alicyclic amines) is 1. The number of aromatic amines is 1. The molecule has 0 unspecified atom stereocenters. The number of fused-ring (bicyclic) bond motifs is 2.